The lowest BCUT2D eigenvalue weighted by Crippen LogP contribution is -2.61. The lowest BCUT2D eigenvalue weighted by Gasteiger charge is -2.44. The van der Waals surface area contributed by atoms with Crippen molar-refractivity contribution in [2.75, 3.05) is 13.1 Å². The summed E-state index contributed by atoms with van der Waals surface area (Å²) in [6.45, 7) is 1.02. The van der Waals surface area contributed by atoms with Crippen LogP contribution in [-0.2, 0) is 0 Å². The van der Waals surface area contributed by atoms with Gasteiger partial charge >= 0.3 is 0 Å². The first kappa shape index (κ1) is 14.7. The summed E-state index contributed by atoms with van der Waals surface area (Å²) in [7, 11) is 0. The molecule has 2 amide bonds. The molecule has 6 nitrogen and oxygen atoms in total. The van der Waals surface area contributed by atoms with Crippen molar-refractivity contribution in [2.45, 2.75) is 18.6 Å². The molecule has 1 saturated heterocycles. The van der Waals surface area contributed by atoms with E-state index >= 15 is 0 Å². The number of hydrogen-bond donors (Lipinski definition) is 1. The van der Waals surface area contributed by atoms with Crippen LogP contribution in [0.2, 0.25) is 0 Å². The summed E-state index contributed by atoms with van der Waals surface area (Å²) in [5.74, 6) is 0.389. The van der Waals surface area contributed by atoms with E-state index in [4.69, 9.17) is 4.74 Å². The number of likely N-dealkylation sites (tertiary alicyclic amines) is 1. The van der Waals surface area contributed by atoms with Crippen LogP contribution in [-0.4, -0.2) is 40.5 Å². The van der Waals surface area contributed by atoms with Gasteiger partial charge in [-0.05, 0) is 24.3 Å². The first-order valence-electron chi connectivity index (χ1n) is 7.98. The Balaban J connectivity index is 1.49. The van der Waals surface area contributed by atoms with Crippen LogP contribution < -0.4 is 10.1 Å². The van der Waals surface area contributed by atoms with Crippen LogP contribution in [0.4, 0.5) is 0 Å². The molecule has 1 aromatic carbocycles. The molecule has 4 rings (SSSR count). The van der Waals surface area contributed by atoms with E-state index < -0.39 is 5.72 Å². The number of ether oxygens (including phenoxy) is 1. The molecule has 2 aromatic rings. The van der Waals surface area contributed by atoms with E-state index in [1.165, 1.54) is 0 Å². The van der Waals surface area contributed by atoms with Crippen molar-refractivity contribution < 1.29 is 14.3 Å². The van der Waals surface area contributed by atoms with E-state index in [1.54, 1.807) is 41.4 Å². The summed E-state index contributed by atoms with van der Waals surface area (Å²) >= 11 is 0. The van der Waals surface area contributed by atoms with Crippen molar-refractivity contribution in [3.63, 3.8) is 0 Å². The highest BCUT2D eigenvalue weighted by atomic mass is 16.5. The molecule has 1 spiro atoms. The number of rotatable bonds is 1. The van der Waals surface area contributed by atoms with Crippen molar-refractivity contribution in [1.82, 2.24) is 15.2 Å². The van der Waals surface area contributed by atoms with Gasteiger partial charge in [-0.15, -0.1) is 0 Å². The minimum absolute atomic E-state index is 0.0898. The molecule has 1 N–H and O–H groups in total. The third-order valence-corrected chi connectivity index (χ3v) is 4.52. The summed E-state index contributed by atoms with van der Waals surface area (Å²) in [6, 6.07) is 12.5. The number of piperidine rings is 1. The molecule has 3 heterocycles. The molecular weight excluding hydrogens is 306 g/mol. The maximum absolute atomic E-state index is 12.5. The number of carbonyl (C=O) groups is 2. The summed E-state index contributed by atoms with van der Waals surface area (Å²) < 4.78 is 6.08. The van der Waals surface area contributed by atoms with Crippen LogP contribution in [0.1, 0.15) is 33.7 Å². The van der Waals surface area contributed by atoms with Crippen LogP contribution in [0, 0.1) is 0 Å². The predicted octanol–water partition coefficient (Wildman–Crippen LogP) is 1.84. The van der Waals surface area contributed by atoms with E-state index in [9.17, 15) is 9.59 Å². The second kappa shape index (κ2) is 5.63. The average Bonchev–Trinajstić information content (AvgIpc) is 2.62. The zero-order valence-corrected chi connectivity index (χ0v) is 13.1. The van der Waals surface area contributed by atoms with Gasteiger partial charge in [0, 0.05) is 32.1 Å². The molecule has 1 fully saturated rings. The van der Waals surface area contributed by atoms with Gasteiger partial charge in [0.25, 0.3) is 11.8 Å². The highest BCUT2D eigenvalue weighted by Crippen LogP contribution is 2.33. The SMILES string of the molecule is O=C1NC2(CCN(C(=O)c3ccccn3)CC2)Oc2ccccc21. The van der Waals surface area contributed by atoms with Gasteiger partial charge < -0.3 is 15.0 Å². The van der Waals surface area contributed by atoms with Gasteiger partial charge in [-0.1, -0.05) is 18.2 Å². The molecule has 0 radical (unpaired) electrons. The van der Waals surface area contributed by atoms with Crippen molar-refractivity contribution >= 4 is 11.8 Å². The fourth-order valence-corrected chi connectivity index (χ4v) is 3.20. The van der Waals surface area contributed by atoms with E-state index in [0.717, 1.165) is 0 Å². The molecule has 24 heavy (non-hydrogen) atoms. The highest BCUT2D eigenvalue weighted by Gasteiger charge is 2.43. The lowest BCUT2D eigenvalue weighted by atomic mass is 9.96. The van der Waals surface area contributed by atoms with Crippen molar-refractivity contribution in [1.29, 1.82) is 0 Å². The monoisotopic (exact) mass is 323 g/mol. The van der Waals surface area contributed by atoms with Crippen LogP contribution in [0.15, 0.2) is 48.7 Å². The summed E-state index contributed by atoms with van der Waals surface area (Å²) in [5, 5.41) is 2.97. The van der Waals surface area contributed by atoms with Crippen molar-refractivity contribution in [2.24, 2.45) is 0 Å². The lowest BCUT2D eigenvalue weighted by molar-refractivity contribution is -0.0246. The minimum atomic E-state index is -0.730. The molecule has 0 unspecified atom stereocenters. The third kappa shape index (κ3) is 2.50. The van der Waals surface area contributed by atoms with Crippen LogP contribution in [0.25, 0.3) is 0 Å². The van der Waals surface area contributed by atoms with Gasteiger partial charge in [-0.2, -0.15) is 0 Å². The van der Waals surface area contributed by atoms with Gasteiger partial charge in [-0.25, -0.2) is 0 Å². The molecule has 0 bridgehead atoms. The number of pyridine rings is 1. The topological polar surface area (TPSA) is 71.5 Å². The molecule has 0 saturated carbocycles. The van der Waals surface area contributed by atoms with Crippen LogP contribution in [0.3, 0.4) is 0 Å². The molecular formula is C18H17N3O3. The molecule has 122 valence electrons. The third-order valence-electron chi connectivity index (χ3n) is 4.52. The number of para-hydroxylation sites is 1. The van der Waals surface area contributed by atoms with Crippen molar-refractivity contribution in [3.05, 3.63) is 59.9 Å². The Morgan fingerprint density at radius 3 is 2.62 bits per heavy atom. The summed E-state index contributed by atoms with van der Waals surface area (Å²) in [4.78, 5) is 30.6. The normalized spacial score (nSPS) is 18.5. The van der Waals surface area contributed by atoms with Gasteiger partial charge in [0.2, 0.25) is 0 Å². The maximum Gasteiger partial charge on any atom is 0.272 e. The Labute approximate surface area is 139 Å². The van der Waals surface area contributed by atoms with Gasteiger partial charge in [0.15, 0.2) is 5.72 Å². The molecule has 0 atom stereocenters. The van der Waals surface area contributed by atoms with E-state index in [-0.39, 0.29) is 11.8 Å². The van der Waals surface area contributed by atoms with E-state index in [2.05, 4.69) is 10.3 Å². The molecule has 6 heteroatoms. The number of benzene rings is 1. The zero-order chi connectivity index (χ0) is 16.6. The van der Waals surface area contributed by atoms with Crippen LogP contribution in [0.5, 0.6) is 5.75 Å². The number of nitrogens with zero attached hydrogens (tertiary/aromatic N) is 2. The summed E-state index contributed by atoms with van der Waals surface area (Å²) in [6.07, 6.45) is 2.71. The number of nitrogens with one attached hydrogen (secondary N) is 1. The van der Waals surface area contributed by atoms with Gasteiger partial charge in [0.1, 0.15) is 11.4 Å². The zero-order valence-electron chi connectivity index (χ0n) is 13.1. The Morgan fingerprint density at radius 1 is 1.12 bits per heavy atom. The van der Waals surface area contributed by atoms with Crippen molar-refractivity contribution in [3.8, 4) is 5.75 Å². The maximum atomic E-state index is 12.5. The van der Waals surface area contributed by atoms with E-state index in [1.807, 2.05) is 12.1 Å². The number of amides is 2. The minimum Gasteiger partial charge on any atom is -0.467 e. The molecule has 1 aromatic heterocycles. The number of hydrogen-bond acceptors (Lipinski definition) is 4. The first-order valence-corrected chi connectivity index (χ1v) is 7.98. The van der Waals surface area contributed by atoms with Gasteiger partial charge in [-0.3, -0.25) is 14.6 Å². The first-order chi connectivity index (χ1) is 11.7. The van der Waals surface area contributed by atoms with Crippen LogP contribution >= 0.6 is 0 Å². The van der Waals surface area contributed by atoms with E-state index in [0.29, 0.717) is 42.9 Å². The Kier molecular flexibility index (Phi) is 3.45. The largest absolute Gasteiger partial charge is 0.467 e. The average molecular weight is 323 g/mol. The summed E-state index contributed by atoms with van der Waals surface area (Å²) in [5.41, 5.74) is 0.259. The van der Waals surface area contributed by atoms with Gasteiger partial charge in [0.05, 0.1) is 5.56 Å². The Hall–Kier alpha value is -2.89. The second-order valence-electron chi connectivity index (χ2n) is 6.05. The fourth-order valence-electron chi connectivity index (χ4n) is 3.20. The Bertz CT molecular complexity index is 783. The molecule has 0 aliphatic carbocycles. The molecule has 2 aliphatic heterocycles. The Morgan fingerprint density at radius 2 is 1.88 bits per heavy atom. The smallest absolute Gasteiger partial charge is 0.272 e. The second-order valence-corrected chi connectivity index (χ2v) is 6.05. The number of aromatic nitrogens is 1. The number of carbonyl (C=O) groups excluding carboxylic acids is 2. The molecule has 2 aliphatic rings. The predicted molar refractivity (Wildman–Crippen MR) is 86.6 cm³/mol. The standard InChI is InChI=1S/C18H17N3O3/c22-16-13-5-1-2-7-15(13)24-18(20-16)8-11-21(12-9-18)17(23)14-6-3-4-10-19-14/h1-7,10H,8-9,11-12H2,(H,20,22). The quantitative estimate of drug-likeness (QED) is 0.869. The highest BCUT2D eigenvalue weighted by molar-refractivity contribution is 5.98. The number of fused-ring (bicyclic) bond motifs is 1. The fraction of sp³-hybridized carbons (Fsp3) is 0.278.